The molecule has 144 valence electrons. The Morgan fingerprint density at radius 2 is 2.10 bits per heavy atom. The van der Waals surface area contributed by atoms with Gasteiger partial charge >= 0.3 is 0 Å². The number of H-pyrrole nitrogens is 1. The Bertz CT molecular complexity index is 1240. The average Bonchev–Trinajstić information content (AvgIpc) is 3.14. The lowest BCUT2D eigenvalue weighted by atomic mass is 10.1. The summed E-state index contributed by atoms with van der Waals surface area (Å²) in [6.45, 7) is 2.57. The van der Waals surface area contributed by atoms with E-state index in [9.17, 15) is 10.1 Å². The number of aryl methyl sites for hydroxylation is 1. The Hall–Kier alpha value is -3.30. The predicted octanol–water partition coefficient (Wildman–Crippen LogP) is 4.35. The van der Waals surface area contributed by atoms with Crippen LogP contribution in [0.15, 0.2) is 59.8 Å². The van der Waals surface area contributed by atoms with Crippen LogP contribution in [0.3, 0.4) is 0 Å². The zero-order chi connectivity index (χ0) is 20.2. The van der Waals surface area contributed by atoms with Gasteiger partial charge in [0.1, 0.15) is 11.1 Å². The lowest BCUT2D eigenvalue weighted by Gasteiger charge is -2.07. The molecular weight excluding hydrogens is 380 g/mol. The summed E-state index contributed by atoms with van der Waals surface area (Å²) in [4.78, 5) is 20.1. The largest absolute Gasteiger partial charge is 0.361 e. The number of aromatic nitrogens is 2. The smallest absolute Gasteiger partial charge is 0.230 e. The summed E-state index contributed by atoms with van der Waals surface area (Å²) in [5.41, 5.74) is 4.74. The maximum absolute atomic E-state index is 12.3. The number of pyridine rings is 1. The fraction of sp³-hybridized carbons (Fsp3) is 0.174. The van der Waals surface area contributed by atoms with Gasteiger partial charge in [-0.3, -0.25) is 4.79 Å². The van der Waals surface area contributed by atoms with Gasteiger partial charge in [0.25, 0.3) is 0 Å². The first kappa shape index (κ1) is 19.0. The fourth-order valence-electron chi connectivity index (χ4n) is 3.31. The minimum atomic E-state index is -0.0649. The average molecular weight is 401 g/mol. The van der Waals surface area contributed by atoms with Crippen LogP contribution in [0, 0.1) is 18.3 Å². The van der Waals surface area contributed by atoms with Gasteiger partial charge in [-0.1, -0.05) is 42.1 Å². The van der Waals surface area contributed by atoms with Crippen LogP contribution in [0.4, 0.5) is 0 Å². The topological polar surface area (TPSA) is 81.6 Å². The van der Waals surface area contributed by atoms with Gasteiger partial charge in [-0.05, 0) is 42.7 Å². The molecule has 0 aliphatic carbocycles. The summed E-state index contributed by atoms with van der Waals surface area (Å²) < 4.78 is 0. The van der Waals surface area contributed by atoms with Crippen LogP contribution in [0.2, 0.25) is 0 Å². The number of nitrogens with one attached hydrogen (secondary N) is 2. The van der Waals surface area contributed by atoms with Crippen LogP contribution in [0.25, 0.3) is 21.8 Å². The van der Waals surface area contributed by atoms with E-state index >= 15 is 0 Å². The van der Waals surface area contributed by atoms with Crippen LogP contribution in [0.5, 0.6) is 0 Å². The van der Waals surface area contributed by atoms with E-state index in [-0.39, 0.29) is 11.7 Å². The molecule has 0 bridgehead atoms. The van der Waals surface area contributed by atoms with Gasteiger partial charge < -0.3 is 10.3 Å². The van der Waals surface area contributed by atoms with Crippen molar-refractivity contribution in [2.75, 3.05) is 12.3 Å². The third-order valence-corrected chi connectivity index (χ3v) is 5.78. The lowest BCUT2D eigenvalue weighted by molar-refractivity contribution is -0.118. The number of nitriles is 1. The third-order valence-electron chi connectivity index (χ3n) is 4.79. The Balaban J connectivity index is 1.36. The Labute approximate surface area is 173 Å². The van der Waals surface area contributed by atoms with E-state index in [1.54, 1.807) is 0 Å². The zero-order valence-electron chi connectivity index (χ0n) is 16.0. The van der Waals surface area contributed by atoms with Gasteiger partial charge in [0, 0.05) is 29.0 Å². The van der Waals surface area contributed by atoms with E-state index in [1.165, 1.54) is 22.7 Å². The van der Waals surface area contributed by atoms with Crippen LogP contribution in [-0.4, -0.2) is 28.2 Å². The fourth-order valence-corrected chi connectivity index (χ4v) is 4.10. The van der Waals surface area contributed by atoms with E-state index in [2.05, 4.69) is 27.4 Å². The molecule has 5 nitrogen and oxygen atoms in total. The quantitative estimate of drug-likeness (QED) is 0.472. The maximum Gasteiger partial charge on any atom is 0.230 e. The SMILES string of the molecule is Cc1ccc2cc(C#N)c(SCC(=O)NCCc3c[nH]c4ccccc34)nc2c1. The molecular formula is C23H20N4OS. The monoisotopic (exact) mass is 400 g/mol. The molecule has 2 aromatic heterocycles. The van der Waals surface area contributed by atoms with Crippen molar-refractivity contribution in [3.8, 4) is 6.07 Å². The molecule has 1 amide bonds. The summed E-state index contributed by atoms with van der Waals surface area (Å²) in [7, 11) is 0. The Morgan fingerprint density at radius 3 is 2.97 bits per heavy atom. The van der Waals surface area contributed by atoms with Crippen molar-refractivity contribution in [2.45, 2.75) is 18.4 Å². The van der Waals surface area contributed by atoms with Crippen molar-refractivity contribution in [1.29, 1.82) is 5.26 Å². The van der Waals surface area contributed by atoms with Crippen LogP contribution < -0.4 is 5.32 Å². The molecule has 4 rings (SSSR count). The van der Waals surface area contributed by atoms with E-state index in [0.717, 1.165) is 28.4 Å². The first-order valence-electron chi connectivity index (χ1n) is 9.40. The highest BCUT2D eigenvalue weighted by Crippen LogP contribution is 2.25. The number of hydrogen-bond acceptors (Lipinski definition) is 4. The Kier molecular flexibility index (Phi) is 5.50. The van der Waals surface area contributed by atoms with Gasteiger partial charge in [-0.25, -0.2) is 4.98 Å². The number of fused-ring (bicyclic) bond motifs is 2. The van der Waals surface area contributed by atoms with Gasteiger partial charge in [0.05, 0.1) is 16.8 Å². The lowest BCUT2D eigenvalue weighted by Crippen LogP contribution is -2.27. The highest BCUT2D eigenvalue weighted by atomic mass is 32.2. The van der Waals surface area contributed by atoms with Gasteiger partial charge in [-0.15, -0.1) is 0 Å². The normalized spacial score (nSPS) is 10.9. The van der Waals surface area contributed by atoms with Gasteiger partial charge in [0.15, 0.2) is 0 Å². The Morgan fingerprint density at radius 1 is 1.24 bits per heavy atom. The molecule has 29 heavy (non-hydrogen) atoms. The van der Waals surface area contributed by atoms with Crippen molar-refractivity contribution in [3.05, 3.63) is 71.4 Å². The zero-order valence-corrected chi connectivity index (χ0v) is 16.8. The van der Waals surface area contributed by atoms with E-state index in [1.807, 2.05) is 55.6 Å². The number of nitrogens with zero attached hydrogens (tertiary/aromatic N) is 2. The number of amides is 1. The number of rotatable bonds is 6. The van der Waals surface area contributed by atoms with Crippen LogP contribution >= 0.6 is 11.8 Å². The highest BCUT2D eigenvalue weighted by molar-refractivity contribution is 8.00. The molecule has 0 aliphatic heterocycles. The van der Waals surface area contributed by atoms with Crippen LogP contribution in [0.1, 0.15) is 16.7 Å². The molecule has 4 aromatic rings. The molecule has 0 aliphatic rings. The second-order valence-electron chi connectivity index (χ2n) is 6.90. The van der Waals surface area contributed by atoms with Gasteiger partial charge in [0.2, 0.25) is 5.91 Å². The third kappa shape index (κ3) is 4.25. The summed E-state index contributed by atoms with van der Waals surface area (Å²) >= 11 is 1.30. The molecule has 2 aromatic carbocycles. The van der Waals surface area contributed by atoms with Gasteiger partial charge in [-0.2, -0.15) is 5.26 Å². The van der Waals surface area contributed by atoms with Crippen molar-refractivity contribution >= 4 is 39.5 Å². The number of carbonyl (C=O) groups excluding carboxylic acids is 1. The molecule has 0 saturated heterocycles. The summed E-state index contributed by atoms with van der Waals surface area (Å²) in [6.07, 6.45) is 2.75. The summed E-state index contributed by atoms with van der Waals surface area (Å²) in [6, 6.07) is 18.1. The molecule has 0 fully saturated rings. The first-order valence-corrected chi connectivity index (χ1v) is 10.4. The minimum absolute atomic E-state index is 0.0649. The molecule has 0 atom stereocenters. The number of aromatic amines is 1. The second kappa shape index (κ2) is 8.38. The molecule has 2 heterocycles. The van der Waals surface area contributed by atoms with Crippen molar-refractivity contribution < 1.29 is 4.79 Å². The number of thioether (sulfide) groups is 1. The number of carbonyl (C=O) groups is 1. The first-order chi connectivity index (χ1) is 14.1. The summed E-state index contributed by atoms with van der Waals surface area (Å²) in [5.74, 6) is 0.164. The standard InChI is InChI=1S/C23H20N4OS/c1-15-6-7-16-11-18(12-24)23(27-21(16)10-15)29-14-22(28)25-9-8-17-13-26-20-5-3-2-4-19(17)20/h2-7,10-11,13,26H,8-9,14H2,1H3,(H,25,28). The number of hydrogen-bond donors (Lipinski definition) is 2. The van der Waals surface area contributed by atoms with Crippen molar-refractivity contribution in [2.24, 2.45) is 0 Å². The van der Waals surface area contributed by atoms with E-state index in [0.29, 0.717) is 17.1 Å². The molecule has 0 saturated carbocycles. The maximum atomic E-state index is 12.3. The van der Waals surface area contributed by atoms with Crippen molar-refractivity contribution in [3.63, 3.8) is 0 Å². The molecule has 2 N–H and O–H groups in total. The van der Waals surface area contributed by atoms with Crippen LogP contribution in [-0.2, 0) is 11.2 Å². The predicted molar refractivity (Wildman–Crippen MR) is 117 cm³/mol. The second-order valence-corrected chi connectivity index (χ2v) is 7.86. The van der Waals surface area contributed by atoms with E-state index in [4.69, 9.17) is 0 Å². The highest BCUT2D eigenvalue weighted by Gasteiger charge is 2.11. The molecule has 0 spiro atoms. The molecule has 6 heteroatoms. The number of benzene rings is 2. The molecule has 0 radical (unpaired) electrons. The summed E-state index contributed by atoms with van der Waals surface area (Å²) in [5, 5.41) is 15.1. The van der Waals surface area contributed by atoms with Crippen molar-refractivity contribution in [1.82, 2.24) is 15.3 Å². The van der Waals surface area contributed by atoms with E-state index < -0.39 is 0 Å². The number of para-hydroxylation sites is 1. The molecule has 0 unspecified atom stereocenters. The minimum Gasteiger partial charge on any atom is -0.361 e.